The highest BCUT2D eigenvalue weighted by molar-refractivity contribution is 7.98. The van der Waals surface area contributed by atoms with Crippen LogP contribution in [0.3, 0.4) is 0 Å². The molecule has 0 fully saturated rings. The van der Waals surface area contributed by atoms with Crippen LogP contribution >= 0.6 is 11.8 Å². The molecule has 2 aromatic rings. The summed E-state index contributed by atoms with van der Waals surface area (Å²) in [4.78, 5) is 0.859. The van der Waals surface area contributed by atoms with Gasteiger partial charge in [-0.15, -0.1) is 11.8 Å². The molecule has 3 nitrogen and oxygen atoms in total. The topological polar surface area (TPSA) is 46.3 Å². The van der Waals surface area contributed by atoms with Gasteiger partial charge in [-0.05, 0) is 19.1 Å². The van der Waals surface area contributed by atoms with Gasteiger partial charge in [-0.2, -0.15) is 0 Å². The van der Waals surface area contributed by atoms with Crippen LogP contribution in [0.2, 0.25) is 0 Å². The van der Waals surface area contributed by atoms with Gasteiger partial charge in [-0.1, -0.05) is 17.3 Å². The van der Waals surface area contributed by atoms with E-state index in [2.05, 4.69) is 5.16 Å². The monoisotopic (exact) mass is 221 g/mol. The Morgan fingerprint density at radius 2 is 2.20 bits per heavy atom. The smallest absolute Gasteiger partial charge is 0.133 e. The van der Waals surface area contributed by atoms with E-state index in [4.69, 9.17) is 4.52 Å². The predicted octanol–water partition coefficient (Wildman–Crippen LogP) is 2.98. The Morgan fingerprint density at radius 3 is 2.87 bits per heavy atom. The maximum Gasteiger partial charge on any atom is 0.133 e. The molecule has 0 aliphatic carbocycles. The zero-order valence-electron chi connectivity index (χ0n) is 8.30. The van der Waals surface area contributed by atoms with Crippen LogP contribution in [0, 0.1) is 6.92 Å². The summed E-state index contributed by atoms with van der Waals surface area (Å²) >= 11 is 1.54. The van der Waals surface area contributed by atoms with Gasteiger partial charge in [-0.3, -0.25) is 0 Å². The fourth-order valence-electron chi connectivity index (χ4n) is 1.22. The molecule has 0 aliphatic rings. The maximum absolute atomic E-state index is 9.53. The van der Waals surface area contributed by atoms with Gasteiger partial charge in [-0.25, -0.2) is 0 Å². The molecule has 0 bridgehead atoms. The molecule has 0 unspecified atom stereocenters. The average Bonchev–Trinajstić information content (AvgIpc) is 2.63. The van der Waals surface area contributed by atoms with Crippen molar-refractivity contribution in [2.45, 2.75) is 17.6 Å². The molecule has 4 heteroatoms. The number of aromatic nitrogens is 1. The van der Waals surface area contributed by atoms with Crippen molar-refractivity contribution in [3.63, 3.8) is 0 Å². The van der Waals surface area contributed by atoms with Gasteiger partial charge in [0, 0.05) is 16.7 Å². The van der Waals surface area contributed by atoms with Gasteiger partial charge in [0.25, 0.3) is 0 Å². The highest BCUT2D eigenvalue weighted by Crippen LogP contribution is 2.29. The van der Waals surface area contributed by atoms with Crippen LogP contribution in [0.4, 0.5) is 0 Å². The van der Waals surface area contributed by atoms with E-state index in [0.717, 1.165) is 16.3 Å². The summed E-state index contributed by atoms with van der Waals surface area (Å²) < 4.78 is 4.96. The van der Waals surface area contributed by atoms with Gasteiger partial charge in [0.15, 0.2) is 0 Å². The Labute approximate surface area is 92.1 Å². The van der Waals surface area contributed by atoms with Crippen LogP contribution in [0.5, 0.6) is 5.75 Å². The first-order valence-corrected chi connectivity index (χ1v) is 5.57. The summed E-state index contributed by atoms with van der Waals surface area (Å²) in [7, 11) is 0. The number of aryl methyl sites for hydroxylation is 1. The number of aromatic hydroxyl groups is 1. The molecule has 0 atom stereocenters. The zero-order chi connectivity index (χ0) is 10.7. The SMILES string of the molecule is Cc1cc(CSc2ccccc2O)no1. The van der Waals surface area contributed by atoms with Gasteiger partial charge in [0.2, 0.25) is 0 Å². The summed E-state index contributed by atoms with van der Waals surface area (Å²) in [6.07, 6.45) is 0. The Morgan fingerprint density at radius 1 is 1.40 bits per heavy atom. The van der Waals surface area contributed by atoms with Crippen molar-refractivity contribution < 1.29 is 9.63 Å². The first-order chi connectivity index (χ1) is 7.25. The largest absolute Gasteiger partial charge is 0.507 e. The third kappa shape index (κ3) is 2.53. The molecule has 0 radical (unpaired) electrons. The molecule has 0 spiro atoms. The molecule has 15 heavy (non-hydrogen) atoms. The zero-order valence-corrected chi connectivity index (χ0v) is 9.12. The summed E-state index contributed by atoms with van der Waals surface area (Å²) in [5.74, 6) is 1.82. The first kappa shape index (κ1) is 10.1. The molecule has 0 saturated heterocycles. The molecule has 2 rings (SSSR count). The van der Waals surface area contributed by atoms with E-state index < -0.39 is 0 Å². The first-order valence-electron chi connectivity index (χ1n) is 4.58. The van der Waals surface area contributed by atoms with Crippen molar-refractivity contribution in [3.05, 3.63) is 41.8 Å². The number of benzene rings is 1. The number of hydrogen-bond acceptors (Lipinski definition) is 4. The molecule has 1 N–H and O–H groups in total. The van der Waals surface area contributed by atoms with Crippen LogP contribution in [-0.4, -0.2) is 10.3 Å². The second-order valence-electron chi connectivity index (χ2n) is 3.19. The van der Waals surface area contributed by atoms with Gasteiger partial charge in [0.1, 0.15) is 11.5 Å². The average molecular weight is 221 g/mol. The van der Waals surface area contributed by atoms with E-state index in [1.807, 2.05) is 25.1 Å². The number of phenols is 1. The highest BCUT2D eigenvalue weighted by atomic mass is 32.2. The van der Waals surface area contributed by atoms with Gasteiger partial charge in [0.05, 0.1) is 5.69 Å². The fourth-order valence-corrected chi connectivity index (χ4v) is 2.05. The number of nitrogens with zero attached hydrogens (tertiary/aromatic N) is 1. The lowest BCUT2D eigenvalue weighted by atomic mass is 10.3. The molecular formula is C11H11NO2S. The summed E-state index contributed by atoms with van der Waals surface area (Å²) in [6, 6.07) is 9.16. The Kier molecular flexibility index (Phi) is 2.97. The molecule has 78 valence electrons. The normalized spacial score (nSPS) is 10.5. The van der Waals surface area contributed by atoms with Crippen LogP contribution in [0.1, 0.15) is 11.5 Å². The van der Waals surface area contributed by atoms with Gasteiger partial charge >= 0.3 is 0 Å². The minimum Gasteiger partial charge on any atom is -0.507 e. The molecule has 0 saturated carbocycles. The van der Waals surface area contributed by atoms with Crippen molar-refractivity contribution >= 4 is 11.8 Å². The number of rotatable bonds is 3. The van der Waals surface area contributed by atoms with E-state index in [-0.39, 0.29) is 0 Å². The molecule has 0 aliphatic heterocycles. The summed E-state index contributed by atoms with van der Waals surface area (Å²) in [5.41, 5.74) is 0.890. The molecule has 1 aromatic heterocycles. The molecule has 1 heterocycles. The summed E-state index contributed by atoms with van der Waals surface area (Å²) in [6.45, 7) is 1.86. The fraction of sp³-hybridized carbons (Fsp3) is 0.182. The van der Waals surface area contributed by atoms with Crippen molar-refractivity contribution in [2.75, 3.05) is 0 Å². The lowest BCUT2D eigenvalue weighted by Crippen LogP contribution is -1.79. The van der Waals surface area contributed by atoms with Crippen LogP contribution in [0.15, 0.2) is 39.8 Å². The lowest BCUT2D eigenvalue weighted by Gasteiger charge is -2.00. The number of hydrogen-bond donors (Lipinski definition) is 1. The van der Waals surface area contributed by atoms with E-state index >= 15 is 0 Å². The molecule has 0 amide bonds. The Hall–Kier alpha value is -1.42. The van der Waals surface area contributed by atoms with Gasteiger partial charge < -0.3 is 9.63 Å². The highest BCUT2D eigenvalue weighted by Gasteiger charge is 2.04. The van der Waals surface area contributed by atoms with Crippen molar-refractivity contribution in [2.24, 2.45) is 0 Å². The number of thioether (sulfide) groups is 1. The minimum absolute atomic E-state index is 0.308. The predicted molar refractivity (Wildman–Crippen MR) is 58.9 cm³/mol. The van der Waals surface area contributed by atoms with Crippen molar-refractivity contribution in [3.8, 4) is 5.75 Å². The standard InChI is InChI=1S/C11H11NO2S/c1-8-6-9(12-14-8)7-15-11-5-3-2-4-10(11)13/h2-6,13H,7H2,1H3. The minimum atomic E-state index is 0.308. The van der Waals surface area contributed by atoms with E-state index in [9.17, 15) is 5.11 Å². The van der Waals surface area contributed by atoms with E-state index in [1.165, 1.54) is 0 Å². The lowest BCUT2D eigenvalue weighted by molar-refractivity contribution is 0.393. The third-order valence-electron chi connectivity index (χ3n) is 1.92. The van der Waals surface area contributed by atoms with E-state index in [1.54, 1.807) is 23.9 Å². The molecular weight excluding hydrogens is 210 g/mol. The number of para-hydroxylation sites is 1. The third-order valence-corrected chi connectivity index (χ3v) is 3.01. The number of phenolic OH excluding ortho intramolecular Hbond substituents is 1. The quantitative estimate of drug-likeness (QED) is 0.809. The van der Waals surface area contributed by atoms with E-state index in [0.29, 0.717) is 11.5 Å². The summed E-state index contributed by atoms with van der Waals surface area (Å²) in [5, 5.41) is 13.4. The Bertz CT molecular complexity index is 453. The van der Waals surface area contributed by atoms with Crippen LogP contribution in [-0.2, 0) is 5.75 Å². The van der Waals surface area contributed by atoms with Crippen LogP contribution < -0.4 is 0 Å². The Balaban J connectivity index is 2.02. The van der Waals surface area contributed by atoms with Crippen molar-refractivity contribution in [1.29, 1.82) is 0 Å². The van der Waals surface area contributed by atoms with Crippen molar-refractivity contribution in [1.82, 2.24) is 5.16 Å². The second-order valence-corrected chi connectivity index (χ2v) is 4.20. The molecule has 1 aromatic carbocycles. The second kappa shape index (κ2) is 4.40. The van der Waals surface area contributed by atoms with Crippen LogP contribution in [0.25, 0.3) is 0 Å². The maximum atomic E-state index is 9.53.